The third-order valence-electron chi connectivity index (χ3n) is 6.85. The number of aryl methyl sites for hydroxylation is 1. The standard InChI is InChI=1S/C33H36N4O4S/c1-22-18-30(41-5)31(21-28(22)23-10-8-11-24(19-23)33(2,3)37-39)42-36-26-13-9-12-25(20-26)34-16-17-35-32(38)27-14-6-7-15-29(27)40-4/h6-15,18-21,34,36H,16-17H2,1-5H3,(H,35,38). The van der Waals surface area contributed by atoms with Crippen molar-refractivity contribution in [3.8, 4) is 22.6 Å². The normalized spacial score (nSPS) is 11.0. The van der Waals surface area contributed by atoms with Crippen molar-refractivity contribution in [1.82, 2.24) is 5.32 Å². The summed E-state index contributed by atoms with van der Waals surface area (Å²) in [4.78, 5) is 24.8. The minimum Gasteiger partial charge on any atom is -0.496 e. The number of nitrogens with one attached hydrogen (secondary N) is 3. The van der Waals surface area contributed by atoms with Gasteiger partial charge in [0, 0.05) is 24.5 Å². The van der Waals surface area contributed by atoms with Gasteiger partial charge in [0.15, 0.2) is 0 Å². The SMILES string of the molecule is COc1cc(C)c(-c2cccc(C(C)(C)N=O)c2)cc1SNc1cccc(NCCNC(=O)c2ccccc2OC)c1. The fourth-order valence-electron chi connectivity index (χ4n) is 4.45. The van der Waals surface area contributed by atoms with Crippen molar-refractivity contribution in [2.75, 3.05) is 37.3 Å². The molecule has 0 aliphatic carbocycles. The molecular formula is C33H36N4O4S. The number of hydrogen-bond acceptors (Lipinski definition) is 8. The lowest BCUT2D eigenvalue weighted by molar-refractivity contribution is 0.0952. The van der Waals surface area contributed by atoms with E-state index in [0.717, 1.165) is 44.3 Å². The van der Waals surface area contributed by atoms with Crippen LogP contribution in [0.25, 0.3) is 11.1 Å². The third-order valence-corrected chi connectivity index (χ3v) is 7.73. The van der Waals surface area contributed by atoms with E-state index in [2.05, 4.69) is 26.6 Å². The maximum atomic E-state index is 12.5. The monoisotopic (exact) mass is 584 g/mol. The van der Waals surface area contributed by atoms with E-state index in [1.807, 2.05) is 87.5 Å². The molecule has 8 nitrogen and oxygen atoms in total. The molecule has 0 bridgehead atoms. The Morgan fingerprint density at radius 1 is 0.857 bits per heavy atom. The van der Waals surface area contributed by atoms with Gasteiger partial charge in [-0.1, -0.05) is 41.6 Å². The van der Waals surface area contributed by atoms with E-state index in [0.29, 0.717) is 24.4 Å². The van der Waals surface area contributed by atoms with Crippen molar-refractivity contribution in [1.29, 1.82) is 0 Å². The minimum absolute atomic E-state index is 0.177. The van der Waals surface area contributed by atoms with Crippen LogP contribution in [0.5, 0.6) is 11.5 Å². The molecule has 3 N–H and O–H groups in total. The molecule has 0 saturated carbocycles. The quantitative estimate of drug-likeness (QED) is 0.0843. The summed E-state index contributed by atoms with van der Waals surface area (Å²) in [5.74, 6) is 1.13. The second-order valence-corrected chi connectivity index (χ2v) is 11.1. The first-order valence-electron chi connectivity index (χ1n) is 13.6. The molecule has 4 aromatic carbocycles. The van der Waals surface area contributed by atoms with Gasteiger partial charge in [-0.2, -0.15) is 0 Å². The Balaban J connectivity index is 1.40. The summed E-state index contributed by atoms with van der Waals surface area (Å²) in [6.07, 6.45) is 0. The van der Waals surface area contributed by atoms with Crippen molar-refractivity contribution < 1.29 is 14.3 Å². The second kappa shape index (κ2) is 13.9. The molecule has 0 unspecified atom stereocenters. The summed E-state index contributed by atoms with van der Waals surface area (Å²) in [6, 6.07) is 27.1. The molecule has 0 heterocycles. The van der Waals surface area contributed by atoms with E-state index in [-0.39, 0.29) is 5.91 Å². The molecule has 0 spiro atoms. The van der Waals surface area contributed by atoms with Crippen molar-refractivity contribution >= 4 is 29.2 Å². The zero-order valence-electron chi connectivity index (χ0n) is 24.5. The van der Waals surface area contributed by atoms with Crippen LogP contribution in [0.15, 0.2) is 95.0 Å². The Hall–Kier alpha value is -4.50. The maximum Gasteiger partial charge on any atom is 0.255 e. The molecule has 0 aliphatic heterocycles. The van der Waals surface area contributed by atoms with E-state index in [1.165, 1.54) is 11.9 Å². The van der Waals surface area contributed by atoms with Crippen LogP contribution in [0, 0.1) is 11.8 Å². The lowest BCUT2D eigenvalue weighted by Gasteiger charge is -2.18. The molecule has 0 saturated heterocycles. The molecule has 9 heteroatoms. The lowest BCUT2D eigenvalue weighted by Crippen LogP contribution is -2.29. The Kier molecular flexibility index (Phi) is 10.1. The largest absolute Gasteiger partial charge is 0.496 e. The topological polar surface area (TPSA) is 101 Å². The molecule has 0 fully saturated rings. The Morgan fingerprint density at radius 2 is 1.60 bits per heavy atom. The highest BCUT2D eigenvalue weighted by Crippen LogP contribution is 2.38. The van der Waals surface area contributed by atoms with Crippen LogP contribution in [0.2, 0.25) is 0 Å². The number of benzene rings is 4. The number of ether oxygens (including phenoxy) is 2. The number of anilines is 2. The van der Waals surface area contributed by atoms with Gasteiger partial charge in [0.1, 0.15) is 17.0 Å². The fourth-order valence-corrected chi connectivity index (χ4v) is 5.22. The number of methoxy groups -OCH3 is 2. The molecule has 1 amide bonds. The van der Waals surface area contributed by atoms with Gasteiger partial charge in [-0.25, -0.2) is 0 Å². The number of nitroso groups, excluding NO2 is 1. The summed E-state index contributed by atoms with van der Waals surface area (Å²) in [7, 11) is 3.21. The molecule has 0 aromatic heterocycles. The Labute approximate surface area is 251 Å². The van der Waals surface area contributed by atoms with Crippen LogP contribution >= 0.6 is 11.9 Å². The average molecular weight is 585 g/mol. The summed E-state index contributed by atoms with van der Waals surface area (Å²) in [6.45, 7) is 6.68. The van der Waals surface area contributed by atoms with Crippen LogP contribution in [0.1, 0.15) is 35.3 Å². The number of hydrogen-bond donors (Lipinski definition) is 3. The molecule has 0 radical (unpaired) electrons. The lowest BCUT2D eigenvalue weighted by atomic mass is 9.91. The molecule has 42 heavy (non-hydrogen) atoms. The van der Waals surface area contributed by atoms with Gasteiger partial charge >= 0.3 is 0 Å². The van der Waals surface area contributed by atoms with Gasteiger partial charge in [-0.15, -0.1) is 4.91 Å². The number of carbonyl (C=O) groups excluding carboxylic acids is 1. The van der Waals surface area contributed by atoms with Gasteiger partial charge in [-0.05, 0) is 104 Å². The Bertz CT molecular complexity index is 1560. The Morgan fingerprint density at radius 3 is 2.36 bits per heavy atom. The highest BCUT2D eigenvalue weighted by atomic mass is 32.2. The third kappa shape index (κ3) is 7.41. The maximum absolute atomic E-state index is 12.5. The first kappa shape index (κ1) is 30.5. The van der Waals surface area contributed by atoms with Crippen molar-refractivity contribution in [3.05, 3.63) is 107 Å². The van der Waals surface area contributed by atoms with Crippen LogP contribution in [0.4, 0.5) is 11.4 Å². The summed E-state index contributed by atoms with van der Waals surface area (Å²) in [5.41, 5.74) is 5.52. The van der Waals surface area contributed by atoms with E-state index in [9.17, 15) is 9.70 Å². The summed E-state index contributed by atoms with van der Waals surface area (Å²) in [5, 5.41) is 9.57. The van der Waals surface area contributed by atoms with Gasteiger partial charge in [0.05, 0.1) is 24.7 Å². The molecule has 4 rings (SSSR count). The number of carbonyl (C=O) groups is 1. The highest BCUT2D eigenvalue weighted by molar-refractivity contribution is 8.00. The molecule has 0 aliphatic rings. The molecule has 0 atom stereocenters. The average Bonchev–Trinajstić information content (AvgIpc) is 3.02. The number of para-hydroxylation sites is 1. The van der Waals surface area contributed by atoms with Crippen LogP contribution < -0.4 is 24.8 Å². The van der Waals surface area contributed by atoms with Gasteiger partial charge < -0.3 is 24.8 Å². The minimum atomic E-state index is -0.810. The molecule has 4 aromatic rings. The first-order chi connectivity index (χ1) is 20.2. The zero-order chi connectivity index (χ0) is 30.1. The van der Waals surface area contributed by atoms with Gasteiger partial charge in [-0.3, -0.25) is 4.79 Å². The first-order valence-corrected chi connectivity index (χ1v) is 14.4. The predicted octanol–water partition coefficient (Wildman–Crippen LogP) is 7.64. The van der Waals surface area contributed by atoms with Crippen molar-refractivity contribution in [3.63, 3.8) is 0 Å². The number of nitrogens with zero attached hydrogens (tertiary/aromatic N) is 1. The molecule has 218 valence electrons. The van der Waals surface area contributed by atoms with E-state index >= 15 is 0 Å². The zero-order valence-corrected chi connectivity index (χ0v) is 25.3. The summed E-state index contributed by atoms with van der Waals surface area (Å²) >= 11 is 1.46. The van der Waals surface area contributed by atoms with Gasteiger partial charge in [0.25, 0.3) is 5.91 Å². The van der Waals surface area contributed by atoms with E-state index in [4.69, 9.17) is 9.47 Å². The fraction of sp³-hybridized carbons (Fsp3) is 0.242. The van der Waals surface area contributed by atoms with Crippen LogP contribution in [-0.4, -0.2) is 33.2 Å². The highest BCUT2D eigenvalue weighted by Gasteiger charge is 2.22. The van der Waals surface area contributed by atoms with E-state index < -0.39 is 5.54 Å². The van der Waals surface area contributed by atoms with Crippen molar-refractivity contribution in [2.24, 2.45) is 5.18 Å². The molecular weight excluding hydrogens is 548 g/mol. The second-order valence-electron chi connectivity index (χ2n) is 10.2. The summed E-state index contributed by atoms with van der Waals surface area (Å²) < 4.78 is 14.4. The number of amides is 1. The van der Waals surface area contributed by atoms with Crippen molar-refractivity contribution in [2.45, 2.75) is 31.2 Å². The predicted molar refractivity (Wildman–Crippen MR) is 172 cm³/mol. The smallest absolute Gasteiger partial charge is 0.255 e. The van der Waals surface area contributed by atoms with Crippen LogP contribution in [0.3, 0.4) is 0 Å². The van der Waals surface area contributed by atoms with E-state index in [1.54, 1.807) is 26.4 Å². The number of rotatable bonds is 13. The van der Waals surface area contributed by atoms with Gasteiger partial charge in [0.2, 0.25) is 0 Å². The van der Waals surface area contributed by atoms with Crippen LogP contribution in [-0.2, 0) is 5.54 Å².